The van der Waals surface area contributed by atoms with Gasteiger partial charge in [-0.2, -0.15) is 8.78 Å². The van der Waals surface area contributed by atoms with Gasteiger partial charge in [-0.25, -0.2) is 4.39 Å². The Bertz CT molecular complexity index is 647. The second-order valence-corrected chi connectivity index (χ2v) is 4.57. The summed E-state index contributed by atoms with van der Waals surface area (Å²) in [6.07, 6.45) is 0. The van der Waals surface area contributed by atoms with Gasteiger partial charge >= 0.3 is 6.61 Å². The number of hydrogen-bond acceptors (Lipinski definition) is 3. The summed E-state index contributed by atoms with van der Waals surface area (Å²) < 4.78 is 42.3. The van der Waals surface area contributed by atoms with Gasteiger partial charge in [0.15, 0.2) is 11.6 Å². The Labute approximate surface area is 120 Å². The van der Waals surface area contributed by atoms with Crippen molar-refractivity contribution in [2.24, 2.45) is 0 Å². The fraction of sp³-hybridized carbons (Fsp3) is 0.200. The van der Waals surface area contributed by atoms with Crippen LogP contribution in [0.5, 0.6) is 5.75 Å². The third-order valence-corrected chi connectivity index (χ3v) is 3.14. The predicted molar refractivity (Wildman–Crippen MR) is 76.7 cm³/mol. The van der Waals surface area contributed by atoms with Crippen molar-refractivity contribution in [2.45, 2.75) is 13.5 Å². The molecule has 112 valence electrons. The Morgan fingerprint density at radius 1 is 1.14 bits per heavy atom. The van der Waals surface area contributed by atoms with Crippen LogP contribution < -0.4 is 15.4 Å². The van der Waals surface area contributed by atoms with Crippen molar-refractivity contribution >= 4 is 17.1 Å². The summed E-state index contributed by atoms with van der Waals surface area (Å²) in [5.41, 5.74) is 8.12. The molecular formula is C15H15F3N2O. The summed E-state index contributed by atoms with van der Waals surface area (Å²) in [6.45, 7) is -1.19. The first-order valence-electron chi connectivity index (χ1n) is 6.23. The molecule has 3 nitrogen and oxygen atoms in total. The van der Waals surface area contributed by atoms with E-state index in [1.165, 1.54) is 6.07 Å². The molecule has 21 heavy (non-hydrogen) atoms. The third-order valence-electron chi connectivity index (χ3n) is 3.14. The van der Waals surface area contributed by atoms with Crippen LogP contribution in [0, 0.1) is 12.7 Å². The number of para-hydroxylation sites is 1. The van der Waals surface area contributed by atoms with Crippen molar-refractivity contribution in [3.05, 3.63) is 47.8 Å². The van der Waals surface area contributed by atoms with Crippen LogP contribution in [-0.2, 0) is 0 Å². The van der Waals surface area contributed by atoms with E-state index in [0.717, 1.165) is 17.3 Å². The number of halogens is 3. The quantitative estimate of drug-likeness (QED) is 0.864. The average molecular weight is 296 g/mol. The van der Waals surface area contributed by atoms with Crippen molar-refractivity contribution < 1.29 is 17.9 Å². The molecule has 0 amide bonds. The van der Waals surface area contributed by atoms with E-state index in [0.29, 0.717) is 5.69 Å². The molecule has 0 saturated heterocycles. The Hall–Kier alpha value is -2.37. The average Bonchev–Trinajstić information content (AvgIpc) is 2.41. The van der Waals surface area contributed by atoms with Gasteiger partial charge in [0.1, 0.15) is 0 Å². The summed E-state index contributed by atoms with van der Waals surface area (Å²) in [4.78, 5) is 1.70. The van der Waals surface area contributed by atoms with Gasteiger partial charge in [0, 0.05) is 24.9 Å². The number of hydrogen-bond donors (Lipinski definition) is 1. The summed E-state index contributed by atoms with van der Waals surface area (Å²) in [7, 11) is 1.72. The smallest absolute Gasteiger partial charge is 0.387 e. The molecule has 0 fully saturated rings. The number of rotatable bonds is 4. The van der Waals surface area contributed by atoms with Crippen LogP contribution in [0.4, 0.5) is 30.2 Å². The standard InChI is InChI=1S/C15H15F3N2O/c1-9-5-3-4-6-12(9)20(2)13-8-14(21-15(17)18)10(16)7-11(13)19/h3-8,15H,19H2,1-2H3. The zero-order valence-electron chi connectivity index (χ0n) is 11.6. The maximum Gasteiger partial charge on any atom is 0.387 e. The molecule has 0 spiro atoms. The highest BCUT2D eigenvalue weighted by molar-refractivity contribution is 5.77. The number of nitrogens with two attached hydrogens (primary N) is 1. The molecule has 0 atom stereocenters. The lowest BCUT2D eigenvalue weighted by Gasteiger charge is -2.24. The van der Waals surface area contributed by atoms with Crippen molar-refractivity contribution in [3.63, 3.8) is 0 Å². The topological polar surface area (TPSA) is 38.5 Å². The van der Waals surface area contributed by atoms with Crippen LogP contribution >= 0.6 is 0 Å². The van der Waals surface area contributed by atoms with Crippen LogP contribution in [-0.4, -0.2) is 13.7 Å². The minimum absolute atomic E-state index is 0.139. The number of ether oxygens (including phenoxy) is 1. The second-order valence-electron chi connectivity index (χ2n) is 4.57. The zero-order chi connectivity index (χ0) is 15.6. The molecule has 2 aromatic rings. The first-order chi connectivity index (χ1) is 9.90. The van der Waals surface area contributed by atoms with E-state index < -0.39 is 18.2 Å². The molecule has 0 aliphatic carbocycles. The normalized spacial score (nSPS) is 10.8. The minimum atomic E-state index is -3.10. The molecule has 0 aliphatic heterocycles. The van der Waals surface area contributed by atoms with Crippen molar-refractivity contribution in [1.82, 2.24) is 0 Å². The van der Waals surface area contributed by atoms with E-state index >= 15 is 0 Å². The van der Waals surface area contributed by atoms with E-state index in [1.54, 1.807) is 11.9 Å². The molecule has 0 unspecified atom stereocenters. The molecule has 0 saturated carbocycles. The van der Waals surface area contributed by atoms with E-state index in [9.17, 15) is 13.2 Å². The van der Waals surface area contributed by atoms with Gasteiger partial charge in [-0.15, -0.1) is 0 Å². The summed E-state index contributed by atoms with van der Waals surface area (Å²) >= 11 is 0. The molecule has 0 radical (unpaired) electrons. The first kappa shape index (κ1) is 15.0. The van der Waals surface area contributed by atoms with Gasteiger partial charge in [-0.3, -0.25) is 0 Å². The lowest BCUT2D eigenvalue weighted by molar-refractivity contribution is -0.0521. The maximum absolute atomic E-state index is 13.6. The van der Waals surface area contributed by atoms with E-state index in [2.05, 4.69) is 4.74 Å². The monoisotopic (exact) mass is 296 g/mol. The SMILES string of the molecule is Cc1ccccc1N(C)c1cc(OC(F)F)c(F)cc1N. The number of nitrogens with zero attached hydrogens (tertiary/aromatic N) is 1. The predicted octanol–water partition coefficient (Wildman–Crippen LogP) is 4.09. The Morgan fingerprint density at radius 2 is 1.81 bits per heavy atom. The summed E-state index contributed by atoms with van der Waals surface area (Å²) in [6, 6.07) is 9.63. The molecule has 0 aliphatic rings. The molecule has 0 bridgehead atoms. The first-order valence-corrected chi connectivity index (χ1v) is 6.23. The van der Waals surface area contributed by atoms with Crippen LogP contribution in [0.3, 0.4) is 0 Å². The molecule has 2 aromatic carbocycles. The Morgan fingerprint density at radius 3 is 2.43 bits per heavy atom. The third kappa shape index (κ3) is 3.21. The van der Waals surface area contributed by atoms with E-state index in [-0.39, 0.29) is 5.69 Å². The minimum Gasteiger partial charge on any atom is -0.432 e. The lowest BCUT2D eigenvalue weighted by atomic mass is 10.1. The number of benzene rings is 2. The van der Waals surface area contributed by atoms with Crippen molar-refractivity contribution in [1.29, 1.82) is 0 Å². The lowest BCUT2D eigenvalue weighted by Crippen LogP contribution is -2.14. The van der Waals surface area contributed by atoms with Gasteiger partial charge in [0.2, 0.25) is 0 Å². The van der Waals surface area contributed by atoms with Gasteiger partial charge in [0.25, 0.3) is 0 Å². The van der Waals surface area contributed by atoms with Crippen LogP contribution in [0.2, 0.25) is 0 Å². The largest absolute Gasteiger partial charge is 0.432 e. The van der Waals surface area contributed by atoms with E-state index in [1.807, 2.05) is 31.2 Å². The molecular weight excluding hydrogens is 281 g/mol. The molecule has 2 N–H and O–H groups in total. The number of nitrogen functional groups attached to an aromatic ring is 1. The van der Waals surface area contributed by atoms with Gasteiger partial charge in [-0.05, 0) is 18.6 Å². The number of aryl methyl sites for hydroxylation is 1. The molecule has 6 heteroatoms. The van der Waals surface area contributed by atoms with Gasteiger partial charge in [-0.1, -0.05) is 18.2 Å². The van der Waals surface area contributed by atoms with Crippen LogP contribution in [0.15, 0.2) is 36.4 Å². The van der Waals surface area contributed by atoms with Crippen molar-refractivity contribution in [3.8, 4) is 5.75 Å². The maximum atomic E-state index is 13.6. The molecule has 0 aromatic heterocycles. The van der Waals surface area contributed by atoms with Crippen LogP contribution in [0.1, 0.15) is 5.56 Å². The highest BCUT2D eigenvalue weighted by Crippen LogP contribution is 2.35. The van der Waals surface area contributed by atoms with Crippen molar-refractivity contribution in [2.75, 3.05) is 17.7 Å². The highest BCUT2D eigenvalue weighted by atomic mass is 19.3. The molecule has 2 rings (SSSR count). The zero-order valence-corrected chi connectivity index (χ0v) is 11.6. The van der Waals surface area contributed by atoms with Gasteiger partial charge in [0.05, 0.1) is 11.4 Å². The number of alkyl halides is 2. The second kappa shape index (κ2) is 5.95. The fourth-order valence-corrected chi connectivity index (χ4v) is 2.10. The van der Waals surface area contributed by atoms with Crippen LogP contribution in [0.25, 0.3) is 0 Å². The fourth-order valence-electron chi connectivity index (χ4n) is 2.10. The van der Waals surface area contributed by atoms with E-state index in [4.69, 9.17) is 5.73 Å². The summed E-state index contributed by atoms with van der Waals surface area (Å²) in [5, 5.41) is 0. The molecule has 0 heterocycles. The summed E-state index contributed by atoms with van der Waals surface area (Å²) in [5.74, 6) is -1.45. The Balaban J connectivity index is 2.45. The Kier molecular flexibility index (Phi) is 4.26. The number of anilines is 3. The van der Waals surface area contributed by atoms with Gasteiger partial charge < -0.3 is 15.4 Å². The highest BCUT2D eigenvalue weighted by Gasteiger charge is 2.17.